The van der Waals surface area contributed by atoms with Crippen LogP contribution >= 0.6 is 11.6 Å². The van der Waals surface area contributed by atoms with Gasteiger partial charge in [0, 0.05) is 42.7 Å². The Morgan fingerprint density at radius 1 is 0.971 bits per heavy atom. The van der Waals surface area contributed by atoms with Crippen molar-refractivity contribution in [2.75, 3.05) is 20.3 Å². The van der Waals surface area contributed by atoms with Gasteiger partial charge in [-0.25, -0.2) is 0 Å². The van der Waals surface area contributed by atoms with Crippen LogP contribution in [-0.4, -0.2) is 35.6 Å². The molecule has 4 nitrogen and oxygen atoms in total. The first kappa shape index (κ1) is 26.6. The highest BCUT2D eigenvalue weighted by Crippen LogP contribution is 2.36. The lowest BCUT2D eigenvalue weighted by Crippen LogP contribution is -2.34. The molecule has 0 aliphatic carbocycles. The molecule has 11 heteroatoms. The normalized spacial score (nSPS) is 12.1. The summed E-state index contributed by atoms with van der Waals surface area (Å²) in [6, 6.07) is 11.4. The van der Waals surface area contributed by atoms with Crippen LogP contribution in [0, 0.1) is 0 Å². The van der Waals surface area contributed by atoms with E-state index >= 15 is 0 Å². The molecular formula is C24H21ClF6N2O2. The first-order valence-corrected chi connectivity index (χ1v) is 10.7. The third-order valence-corrected chi connectivity index (χ3v) is 5.44. The third-order valence-electron chi connectivity index (χ3n) is 5.21. The molecule has 0 atom stereocenters. The van der Waals surface area contributed by atoms with Crippen LogP contribution < -0.4 is 0 Å². The van der Waals surface area contributed by atoms with Crippen molar-refractivity contribution in [3.8, 4) is 0 Å². The van der Waals surface area contributed by atoms with Crippen LogP contribution in [0.3, 0.4) is 0 Å². The van der Waals surface area contributed by atoms with E-state index in [-0.39, 0.29) is 25.8 Å². The van der Waals surface area contributed by atoms with Crippen molar-refractivity contribution in [1.29, 1.82) is 0 Å². The predicted molar refractivity (Wildman–Crippen MR) is 118 cm³/mol. The van der Waals surface area contributed by atoms with Crippen LogP contribution in [0.4, 0.5) is 26.3 Å². The van der Waals surface area contributed by atoms with E-state index in [1.807, 2.05) is 10.6 Å². The molecule has 3 aromatic rings. The molecule has 0 aliphatic heterocycles. The quantitative estimate of drug-likeness (QED) is 0.318. The van der Waals surface area contributed by atoms with Crippen molar-refractivity contribution in [2.45, 2.75) is 25.4 Å². The number of benzene rings is 2. The van der Waals surface area contributed by atoms with Crippen molar-refractivity contribution >= 4 is 17.5 Å². The zero-order chi connectivity index (χ0) is 25.8. The van der Waals surface area contributed by atoms with Crippen LogP contribution in [0.25, 0.3) is 0 Å². The molecule has 0 unspecified atom stereocenters. The number of rotatable bonds is 8. The van der Waals surface area contributed by atoms with E-state index in [1.54, 1.807) is 36.5 Å². The van der Waals surface area contributed by atoms with Crippen molar-refractivity contribution in [1.82, 2.24) is 9.47 Å². The second-order valence-electron chi connectivity index (χ2n) is 7.77. The summed E-state index contributed by atoms with van der Waals surface area (Å²) in [5.74, 6) is -0.978. The van der Waals surface area contributed by atoms with Gasteiger partial charge in [0.1, 0.15) is 0 Å². The average molecular weight is 519 g/mol. The summed E-state index contributed by atoms with van der Waals surface area (Å²) in [5, 5.41) is 0.540. The summed E-state index contributed by atoms with van der Waals surface area (Å²) < 4.78 is 86.4. The Morgan fingerprint density at radius 3 is 2.20 bits per heavy atom. The minimum atomic E-state index is -5.06. The van der Waals surface area contributed by atoms with E-state index in [0.717, 1.165) is 10.5 Å². The maximum Gasteiger partial charge on any atom is 0.416 e. The Morgan fingerprint density at radius 2 is 1.63 bits per heavy atom. The van der Waals surface area contributed by atoms with Gasteiger partial charge in [-0.2, -0.15) is 26.3 Å². The molecule has 0 spiro atoms. The van der Waals surface area contributed by atoms with Crippen molar-refractivity contribution in [3.05, 3.63) is 93.8 Å². The molecule has 0 aliphatic rings. The maximum absolute atomic E-state index is 13.3. The molecule has 0 bridgehead atoms. The standard InChI is InChI=1S/C24H21ClF6N2O2/c1-35-9-8-33(15-21-6-3-7-32(21)14-16-4-2-5-20(25)10-16)22(34)17-11-18(23(26,27)28)13-19(12-17)24(29,30)31/h2-7,10-13H,8-9,14-15H2,1H3. The minimum Gasteiger partial charge on any atom is -0.383 e. The van der Waals surface area contributed by atoms with Gasteiger partial charge in [0.05, 0.1) is 24.3 Å². The predicted octanol–water partition coefficient (Wildman–Crippen LogP) is 6.52. The fourth-order valence-electron chi connectivity index (χ4n) is 3.49. The molecule has 1 amide bonds. The van der Waals surface area contributed by atoms with Crippen molar-refractivity contribution < 1.29 is 35.9 Å². The molecule has 0 saturated heterocycles. The second-order valence-corrected chi connectivity index (χ2v) is 8.21. The summed E-state index contributed by atoms with van der Waals surface area (Å²) in [6.07, 6.45) is -8.36. The zero-order valence-corrected chi connectivity index (χ0v) is 19.2. The van der Waals surface area contributed by atoms with Gasteiger partial charge in [-0.1, -0.05) is 23.7 Å². The summed E-state index contributed by atoms with van der Waals surface area (Å²) >= 11 is 6.03. The topological polar surface area (TPSA) is 34.5 Å². The molecule has 3 rings (SSSR count). The van der Waals surface area contributed by atoms with Gasteiger partial charge in [0.2, 0.25) is 0 Å². The minimum absolute atomic E-state index is 0.00752. The summed E-state index contributed by atoms with van der Waals surface area (Å²) in [4.78, 5) is 14.3. The molecule has 1 heterocycles. The van der Waals surface area contributed by atoms with Crippen LogP contribution in [0.1, 0.15) is 32.7 Å². The summed E-state index contributed by atoms with van der Waals surface area (Å²) in [6.45, 7) is 0.325. The second kappa shape index (κ2) is 10.7. The Hall–Kier alpha value is -2.98. The highest BCUT2D eigenvalue weighted by molar-refractivity contribution is 6.30. The van der Waals surface area contributed by atoms with E-state index < -0.39 is 35.0 Å². The lowest BCUT2D eigenvalue weighted by Gasteiger charge is -2.24. The Balaban J connectivity index is 1.94. The van der Waals surface area contributed by atoms with Crippen LogP contribution in [0.2, 0.25) is 5.02 Å². The third kappa shape index (κ3) is 7.02. The molecule has 35 heavy (non-hydrogen) atoms. The molecule has 188 valence electrons. The number of ether oxygens (including phenoxy) is 1. The largest absolute Gasteiger partial charge is 0.416 e. The van der Waals surface area contributed by atoms with E-state index in [4.69, 9.17) is 16.3 Å². The van der Waals surface area contributed by atoms with Gasteiger partial charge in [0.15, 0.2) is 0 Å². The number of amides is 1. The van der Waals surface area contributed by atoms with Gasteiger partial charge < -0.3 is 14.2 Å². The number of carbonyl (C=O) groups excluding carboxylic acids is 1. The smallest absolute Gasteiger partial charge is 0.383 e. The van der Waals surface area contributed by atoms with E-state index in [9.17, 15) is 31.1 Å². The van der Waals surface area contributed by atoms with Crippen LogP contribution in [0.15, 0.2) is 60.8 Å². The van der Waals surface area contributed by atoms with E-state index in [1.165, 1.54) is 7.11 Å². The fourth-order valence-corrected chi connectivity index (χ4v) is 3.70. The summed E-state index contributed by atoms with van der Waals surface area (Å²) in [5.41, 5.74) is -2.32. The van der Waals surface area contributed by atoms with Crippen molar-refractivity contribution in [3.63, 3.8) is 0 Å². The number of methoxy groups -OCH3 is 1. The number of alkyl halides is 6. The molecular weight excluding hydrogens is 498 g/mol. The molecule has 1 aromatic heterocycles. The van der Waals surface area contributed by atoms with Gasteiger partial charge in [-0.15, -0.1) is 0 Å². The van der Waals surface area contributed by atoms with E-state index in [2.05, 4.69) is 0 Å². The molecule has 0 N–H and O–H groups in total. The van der Waals surface area contributed by atoms with E-state index in [0.29, 0.717) is 29.4 Å². The Labute approximate surface area is 202 Å². The van der Waals surface area contributed by atoms with Crippen LogP contribution in [-0.2, 0) is 30.2 Å². The highest BCUT2D eigenvalue weighted by atomic mass is 35.5. The number of hydrogen-bond acceptors (Lipinski definition) is 2. The van der Waals surface area contributed by atoms with Gasteiger partial charge in [0.25, 0.3) is 5.91 Å². The first-order valence-electron chi connectivity index (χ1n) is 10.3. The van der Waals surface area contributed by atoms with Gasteiger partial charge >= 0.3 is 12.4 Å². The average Bonchev–Trinajstić information content (AvgIpc) is 3.21. The number of aromatic nitrogens is 1. The first-order chi connectivity index (χ1) is 16.4. The highest BCUT2D eigenvalue weighted by Gasteiger charge is 2.38. The lowest BCUT2D eigenvalue weighted by atomic mass is 10.0. The number of halogens is 7. The fraction of sp³-hybridized carbons (Fsp3) is 0.292. The SMILES string of the molecule is COCCN(Cc1cccn1Cc1cccc(Cl)c1)C(=O)c1cc(C(F)(F)F)cc(C(F)(F)F)c1. The monoisotopic (exact) mass is 518 g/mol. The number of nitrogens with zero attached hydrogens (tertiary/aromatic N) is 2. The molecule has 0 fully saturated rings. The Kier molecular flexibility index (Phi) is 8.17. The molecule has 0 saturated carbocycles. The summed E-state index contributed by atoms with van der Waals surface area (Å²) in [7, 11) is 1.37. The van der Waals surface area contributed by atoms with Gasteiger partial charge in [-0.05, 0) is 48.0 Å². The Bertz CT molecular complexity index is 1140. The van der Waals surface area contributed by atoms with Gasteiger partial charge in [-0.3, -0.25) is 4.79 Å². The number of hydrogen-bond donors (Lipinski definition) is 0. The molecule has 0 radical (unpaired) electrons. The van der Waals surface area contributed by atoms with Crippen LogP contribution in [0.5, 0.6) is 0 Å². The lowest BCUT2D eigenvalue weighted by molar-refractivity contribution is -0.143. The zero-order valence-electron chi connectivity index (χ0n) is 18.5. The molecule has 2 aromatic carbocycles. The van der Waals surface area contributed by atoms with Crippen molar-refractivity contribution in [2.24, 2.45) is 0 Å². The maximum atomic E-state index is 13.3. The number of carbonyl (C=O) groups is 1.